The van der Waals surface area contributed by atoms with Crippen LogP contribution in [0.2, 0.25) is 0 Å². The quantitative estimate of drug-likeness (QED) is 0.515. The molecule has 1 aliphatic carbocycles. The molecule has 0 bridgehead atoms. The van der Waals surface area contributed by atoms with Crippen molar-refractivity contribution in [3.8, 4) is 0 Å². The third-order valence-electron chi connectivity index (χ3n) is 3.14. The fraction of sp³-hybridized carbons (Fsp3) is 0.583. The number of ether oxygens (including phenoxy) is 2. The van der Waals surface area contributed by atoms with Gasteiger partial charge in [-0.3, -0.25) is 0 Å². The summed E-state index contributed by atoms with van der Waals surface area (Å²) >= 11 is 0. The Morgan fingerprint density at radius 2 is 2.47 bits per heavy atom. The molecule has 15 heavy (non-hydrogen) atoms. The molecule has 3 heteroatoms. The van der Waals surface area contributed by atoms with Gasteiger partial charge < -0.3 is 9.47 Å². The maximum atomic E-state index is 11.5. The van der Waals surface area contributed by atoms with E-state index in [1.165, 1.54) is 7.11 Å². The van der Waals surface area contributed by atoms with Crippen LogP contribution in [0.5, 0.6) is 0 Å². The average Bonchev–Trinajstić information content (AvgIpc) is 2.70. The lowest BCUT2D eigenvalue weighted by atomic mass is 9.87. The average molecular weight is 208 g/mol. The summed E-state index contributed by atoms with van der Waals surface area (Å²) < 4.78 is 10.5. The molecule has 0 N–H and O–H groups in total. The fourth-order valence-electron chi connectivity index (χ4n) is 2.38. The predicted molar refractivity (Wildman–Crippen MR) is 56.1 cm³/mol. The molecule has 0 spiro atoms. The molecule has 0 aromatic rings. The minimum Gasteiger partial charge on any atom is -0.490 e. The molecule has 1 heterocycles. The SMILES string of the molecule is C=C[C@H]1C[C@H]2CCCC(C(=O)OC)=C2O1. The maximum absolute atomic E-state index is 11.5. The number of hydrogen-bond donors (Lipinski definition) is 0. The highest BCUT2D eigenvalue weighted by atomic mass is 16.5. The highest BCUT2D eigenvalue weighted by Crippen LogP contribution is 2.41. The van der Waals surface area contributed by atoms with Crippen molar-refractivity contribution in [3.05, 3.63) is 24.0 Å². The lowest BCUT2D eigenvalue weighted by molar-refractivity contribution is -0.136. The van der Waals surface area contributed by atoms with E-state index in [0.29, 0.717) is 5.92 Å². The van der Waals surface area contributed by atoms with Crippen LogP contribution < -0.4 is 0 Å². The van der Waals surface area contributed by atoms with E-state index in [1.807, 2.05) is 0 Å². The monoisotopic (exact) mass is 208 g/mol. The molecule has 1 aliphatic heterocycles. The van der Waals surface area contributed by atoms with Crippen molar-refractivity contribution < 1.29 is 14.3 Å². The highest BCUT2D eigenvalue weighted by Gasteiger charge is 2.36. The molecule has 2 aliphatic rings. The number of carbonyl (C=O) groups excluding carboxylic acids is 1. The first-order valence-electron chi connectivity index (χ1n) is 5.36. The zero-order valence-electron chi connectivity index (χ0n) is 8.99. The second-order valence-corrected chi connectivity index (χ2v) is 4.05. The lowest BCUT2D eigenvalue weighted by Gasteiger charge is -2.19. The van der Waals surface area contributed by atoms with Gasteiger partial charge in [0.25, 0.3) is 0 Å². The molecule has 0 aromatic heterocycles. The van der Waals surface area contributed by atoms with Gasteiger partial charge in [-0.15, -0.1) is 0 Å². The van der Waals surface area contributed by atoms with Crippen LogP contribution in [-0.2, 0) is 14.3 Å². The number of rotatable bonds is 2. The first kappa shape index (κ1) is 10.3. The van der Waals surface area contributed by atoms with E-state index in [-0.39, 0.29) is 12.1 Å². The van der Waals surface area contributed by atoms with E-state index in [4.69, 9.17) is 9.47 Å². The second kappa shape index (κ2) is 4.09. The van der Waals surface area contributed by atoms with E-state index in [0.717, 1.165) is 37.0 Å². The van der Waals surface area contributed by atoms with Crippen LogP contribution in [0.3, 0.4) is 0 Å². The number of allylic oxidation sites excluding steroid dienone is 1. The number of esters is 1. The fourth-order valence-corrected chi connectivity index (χ4v) is 2.38. The largest absolute Gasteiger partial charge is 0.490 e. The van der Waals surface area contributed by atoms with Gasteiger partial charge in [-0.2, -0.15) is 0 Å². The minimum absolute atomic E-state index is 0.0720. The second-order valence-electron chi connectivity index (χ2n) is 4.05. The number of hydrogen-bond acceptors (Lipinski definition) is 3. The Morgan fingerprint density at radius 3 is 3.13 bits per heavy atom. The third kappa shape index (κ3) is 1.78. The summed E-state index contributed by atoms with van der Waals surface area (Å²) in [7, 11) is 1.42. The number of fused-ring (bicyclic) bond motifs is 1. The van der Waals surface area contributed by atoms with Crippen molar-refractivity contribution in [3.63, 3.8) is 0 Å². The first-order valence-corrected chi connectivity index (χ1v) is 5.36. The van der Waals surface area contributed by atoms with E-state index in [1.54, 1.807) is 6.08 Å². The van der Waals surface area contributed by atoms with Crippen molar-refractivity contribution in [2.24, 2.45) is 5.92 Å². The Morgan fingerprint density at radius 1 is 1.67 bits per heavy atom. The van der Waals surface area contributed by atoms with Crippen molar-refractivity contribution in [1.82, 2.24) is 0 Å². The van der Waals surface area contributed by atoms with Crippen molar-refractivity contribution in [2.45, 2.75) is 31.8 Å². The normalized spacial score (nSPS) is 29.4. The van der Waals surface area contributed by atoms with Gasteiger partial charge in [0.1, 0.15) is 11.9 Å². The molecule has 2 atom stereocenters. The summed E-state index contributed by atoms with van der Waals surface area (Å²) in [4.78, 5) is 11.5. The number of methoxy groups -OCH3 is 1. The van der Waals surface area contributed by atoms with Gasteiger partial charge in [0, 0.05) is 5.92 Å². The van der Waals surface area contributed by atoms with Crippen LogP contribution in [0.25, 0.3) is 0 Å². The van der Waals surface area contributed by atoms with Crippen LogP contribution >= 0.6 is 0 Å². The molecule has 0 saturated carbocycles. The topological polar surface area (TPSA) is 35.5 Å². The van der Waals surface area contributed by atoms with Crippen molar-refractivity contribution in [2.75, 3.05) is 7.11 Å². The van der Waals surface area contributed by atoms with Gasteiger partial charge in [0.2, 0.25) is 0 Å². The Balaban J connectivity index is 2.27. The molecule has 2 rings (SSSR count). The zero-order valence-corrected chi connectivity index (χ0v) is 8.99. The molecule has 82 valence electrons. The lowest BCUT2D eigenvalue weighted by Crippen LogP contribution is -2.15. The van der Waals surface area contributed by atoms with Crippen molar-refractivity contribution >= 4 is 5.97 Å². The van der Waals surface area contributed by atoms with Crippen molar-refractivity contribution in [1.29, 1.82) is 0 Å². The van der Waals surface area contributed by atoms with Crippen LogP contribution in [0.15, 0.2) is 24.0 Å². The van der Waals surface area contributed by atoms with Gasteiger partial charge in [0.15, 0.2) is 0 Å². The first-order chi connectivity index (χ1) is 7.26. The Bertz CT molecular complexity index is 317. The molecule has 0 radical (unpaired) electrons. The molecular formula is C12H16O3. The summed E-state index contributed by atoms with van der Waals surface area (Å²) in [5.74, 6) is 1.02. The highest BCUT2D eigenvalue weighted by molar-refractivity contribution is 5.89. The third-order valence-corrected chi connectivity index (χ3v) is 3.14. The van der Waals surface area contributed by atoms with E-state index in [2.05, 4.69) is 6.58 Å². The van der Waals surface area contributed by atoms with Crippen LogP contribution in [0.4, 0.5) is 0 Å². The Hall–Kier alpha value is -1.25. The molecule has 1 saturated heterocycles. The van der Waals surface area contributed by atoms with E-state index >= 15 is 0 Å². The minimum atomic E-state index is -0.237. The molecule has 0 aromatic carbocycles. The molecule has 0 amide bonds. The Labute approximate surface area is 89.8 Å². The summed E-state index contributed by atoms with van der Waals surface area (Å²) in [5.41, 5.74) is 0.734. The summed E-state index contributed by atoms with van der Waals surface area (Å²) in [6.45, 7) is 3.73. The van der Waals surface area contributed by atoms with E-state index in [9.17, 15) is 4.79 Å². The Kier molecular flexibility index (Phi) is 2.80. The van der Waals surface area contributed by atoms with Crippen LogP contribution in [-0.4, -0.2) is 19.2 Å². The molecule has 1 fully saturated rings. The van der Waals surface area contributed by atoms with Gasteiger partial charge in [0.05, 0.1) is 12.7 Å². The standard InChI is InChI=1S/C12H16O3/c1-3-9-7-8-5-4-6-10(11(8)15-9)12(13)14-2/h3,8-9H,1,4-7H2,2H3/t8-,9+/m1/s1. The maximum Gasteiger partial charge on any atom is 0.337 e. The van der Waals surface area contributed by atoms with Gasteiger partial charge in [-0.25, -0.2) is 4.79 Å². The summed E-state index contributed by atoms with van der Waals surface area (Å²) in [6.07, 6.45) is 5.77. The van der Waals surface area contributed by atoms with Crippen LogP contribution in [0, 0.1) is 5.92 Å². The summed E-state index contributed by atoms with van der Waals surface area (Å²) in [5, 5.41) is 0. The zero-order chi connectivity index (χ0) is 10.8. The van der Waals surface area contributed by atoms with Crippen LogP contribution in [0.1, 0.15) is 25.7 Å². The summed E-state index contributed by atoms with van der Waals surface area (Å²) in [6, 6.07) is 0. The predicted octanol–water partition coefficient (Wildman–Crippen LogP) is 2.19. The smallest absolute Gasteiger partial charge is 0.337 e. The van der Waals surface area contributed by atoms with E-state index < -0.39 is 0 Å². The molecule has 3 nitrogen and oxygen atoms in total. The molecular weight excluding hydrogens is 192 g/mol. The van der Waals surface area contributed by atoms with Gasteiger partial charge in [-0.1, -0.05) is 12.7 Å². The molecule has 0 unspecified atom stereocenters. The number of carbonyl (C=O) groups is 1. The van der Waals surface area contributed by atoms with Gasteiger partial charge >= 0.3 is 5.97 Å². The van der Waals surface area contributed by atoms with Gasteiger partial charge in [-0.05, 0) is 25.7 Å².